The molecule has 0 aliphatic carbocycles. The average Bonchev–Trinajstić information content (AvgIpc) is 3.55. The summed E-state index contributed by atoms with van der Waals surface area (Å²) in [5.74, 6) is 0.0364. The first kappa shape index (κ1) is 20.7. The Labute approximate surface area is 189 Å². The van der Waals surface area contributed by atoms with Crippen molar-refractivity contribution in [2.24, 2.45) is 7.05 Å². The van der Waals surface area contributed by atoms with Gasteiger partial charge in [0.25, 0.3) is 5.91 Å². The molecule has 0 radical (unpaired) electrons. The number of carbonyl (C=O) groups excluding carboxylic acids is 2. The highest BCUT2D eigenvalue weighted by Gasteiger charge is 2.21. The molecule has 1 aromatic carbocycles. The molecule has 1 fully saturated rings. The second-order valence-corrected chi connectivity index (χ2v) is 7.99. The van der Waals surface area contributed by atoms with Crippen molar-refractivity contribution in [3.8, 4) is 11.5 Å². The number of rotatable bonds is 5. The van der Waals surface area contributed by atoms with Gasteiger partial charge in [0, 0.05) is 44.2 Å². The quantitative estimate of drug-likeness (QED) is 0.483. The molecule has 0 spiro atoms. The lowest BCUT2D eigenvalue weighted by Gasteiger charge is -2.22. The van der Waals surface area contributed by atoms with Gasteiger partial charge in [-0.05, 0) is 37.1 Å². The maximum atomic E-state index is 13.1. The number of hydrogen-bond donors (Lipinski definition) is 2. The van der Waals surface area contributed by atoms with Gasteiger partial charge in [-0.15, -0.1) is 0 Å². The van der Waals surface area contributed by atoms with Crippen molar-refractivity contribution in [1.82, 2.24) is 19.7 Å². The predicted octanol–water partition coefficient (Wildman–Crippen LogP) is 3.43. The molecule has 3 aromatic heterocycles. The summed E-state index contributed by atoms with van der Waals surface area (Å²) in [7, 11) is 1.87. The molecule has 1 aliphatic heterocycles. The third-order valence-corrected chi connectivity index (χ3v) is 5.61. The fourth-order valence-corrected chi connectivity index (χ4v) is 4.02. The monoisotopic (exact) mass is 445 g/mol. The molecule has 2 amide bonds. The van der Waals surface area contributed by atoms with Gasteiger partial charge in [0.15, 0.2) is 5.69 Å². The molecule has 5 rings (SSSR count). The molecule has 10 heteroatoms. The molecule has 2 N–H and O–H groups in total. The zero-order chi connectivity index (χ0) is 22.9. The summed E-state index contributed by atoms with van der Waals surface area (Å²) in [6.45, 7) is 3.30. The normalized spacial score (nSPS) is 13.5. The Hall–Kier alpha value is -4.21. The zero-order valence-electron chi connectivity index (χ0n) is 18.3. The number of amides is 2. The zero-order valence-corrected chi connectivity index (χ0v) is 18.3. The lowest BCUT2D eigenvalue weighted by atomic mass is 10.1. The first-order chi connectivity index (χ1) is 16.0. The van der Waals surface area contributed by atoms with E-state index in [1.807, 2.05) is 19.3 Å². The number of fused-ring (bicyclic) bond motifs is 1. The lowest BCUT2D eigenvalue weighted by Crippen LogP contribution is -2.21. The van der Waals surface area contributed by atoms with Crippen molar-refractivity contribution in [1.29, 1.82) is 0 Å². The van der Waals surface area contributed by atoms with E-state index in [0.29, 0.717) is 17.1 Å². The Balaban J connectivity index is 1.42. The Bertz CT molecular complexity index is 1350. The van der Waals surface area contributed by atoms with E-state index in [0.717, 1.165) is 42.5 Å². The van der Waals surface area contributed by atoms with Crippen LogP contribution in [0.25, 0.3) is 22.4 Å². The Morgan fingerprint density at radius 1 is 1.12 bits per heavy atom. The van der Waals surface area contributed by atoms with E-state index in [2.05, 4.69) is 36.7 Å². The molecule has 33 heavy (non-hydrogen) atoms. The molecule has 10 nitrogen and oxygen atoms in total. The number of pyridine rings is 1. The summed E-state index contributed by atoms with van der Waals surface area (Å²) in [4.78, 5) is 35.0. The van der Waals surface area contributed by atoms with Gasteiger partial charge >= 0.3 is 0 Å². The van der Waals surface area contributed by atoms with Gasteiger partial charge in [-0.25, -0.2) is 9.97 Å². The Morgan fingerprint density at radius 2 is 1.94 bits per heavy atom. The van der Waals surface area contributed by atoms with Gasteiger partial charge in [0.2, 0.25) is 11.8 Å². The number of nitrogens with zero attached hydrogens (tertiary/aromatic N) is 5. The highest BCUT2D eigenvalue weighted by molar-refractivity contribution is 6.06. The Morgan fingerprint density at radius 3 is 2.73 bits per heavy atom. The largest absolute Gasteiger partial charge is 0.444 e. The number of carbonyl (C=O) groups is 2. The van der Waals surface area contributed by atoms with Crippen molar-refractivity contribution >= 4 is 39.9 Å². The smallest absolute Gasteiger partial charge is 0.277 e. The fraction of sp³-hybridized carbons (Fsp3) is 0.261. The molecule has 0 atom stereocenters. The van der Waals surface area contributed by atoms with Crippen LogP contribution in [-0.2, 0) is 11.8 Å². The standard InChI is InChI=1S/C23H23N7O3/c1-14(31)26-21-10-15(5-6-24-21)23-28-18(13-33-23)22(32)27-17-11-19-16(12-25-29(19)2)9-20(17)30-7-3-4-8-30/h5-6,9-13H,3-4,7-8H2,1-2H3,(H,27,32)(H,24,26,31). The summed E-state index contributed by atoms with van der Waals surface area (Å²) >= 11 is 0. The summed E-state index contributed by atoms with van der Waals surface area (Å²) in [5.41, 5.74) is 3.36. The van der Waals surface area contributed by atoms with Gasteiger partial charge in [-0.1, -0.05) is 0 Å². The second-order valence-electron chi connectivity index (χ2n) is 7.99. The predicted molar refractivity (Wildman–Crippen MR) is 124 cm³/mol. The van der Waals surface area contributed by atoms with Gasteiger partial charge in [0.05, 0.1) is 23.1 Å². The van der Waals surface area contributed by atoms with E-state index >= 15 is 0 Å². The SMILES string of the molecule is CC(=O)Nc1cc(-c2nc(C(=O)Nc3cc4c(cnn4C)cc3N3CCCC3)co2)ccn1. The summed E-state index contributed by atoms with van der Waals surface area (Å²) in [5, 5.41) is 11.0. The number of aromatic nitrogens is 4. The minimum absolute atomic E-state index is 0.153. The molecule has 0 unspecified atom stereocenters. The van der Waals surface area contributed by atoms with Gasteiger partial charge in [-0.2, -0.15) is 5.10 Å². The maximum absolute atomic E-state index is 13.1. The van der Waals surface area contributed by atoms with E-state index in [4.69, 9.17) is 4.42 Å². The number of nitrogens with one attached hydrogen (secondary N) is 2. The van der Waals surface area contributed by atoms with E-state index < -0.39 is 0 Å². The van der Waals surface area contributed by atoms with Crippen LogP contribution < -0.4 is 15.5 Å². The summed E-state index contributed by atoms with van der Waals surface area (Å²) < 4.78 is 7.32. The lowest BCUT2D eigenvalue weighted by molar-refractivity contribution is -0.114. The van der Waals surface area contributed by atoms with E-state index in [1.54, 1.807) is 16.8 Å². The topological polar surface area (TPSA) is 118 Å². The number of aryl methyl sites for hydroxylation is 1. The molecule has 1 aliphatic rings. The van der Waals surface area contributed by atoms with Crippen LogP contribution in [0.3, 0.4) is 0 Å². The minimum atomic E-state index is -0.372. The van der Waals surface area contributed by atoms with Crippen LogP contribution in [0.2, 0.25) is 0 Å². The highest BCUT2D eigenvalue weighted by Crippen LogP contribution is 2.34. The fourth-order valence-electron chi connectivity index (χ4n) is 4.02. The minimum Gasteiger partial charge on any atom is -0.444 e. The van der Waals surface area contributed by atoms with Gasteiger partial charge in [0.1, 0.15) is 12.1 Å². The summed E-state index contributed by atoms with van der Waals surface area (Å²) in [6.07, 6.45) is 6.93. The maximum Gasteiger partial charge on any atom is 0.277 e. The van der Waals surface area contributed by atoms with Gasteiger partial charge < -0.3 is 20.0 Å². The van der Waals surface area contributed by atoms with Crippen LogP contribution in [0, 0.1) is 0 Å². The van der Waals surface area contributed by atoms with E-state index in [-0.39, 0.29) is 23.4 Å². The molecular weight excluding hydrogens is 422 g/mol. The molecule has 168 valence electrons. The molecule has 4 heterocycles. The highest BCUT2D eigenvalue weighted by atomic mass is 16.3. The van der Waals surface area contributed by atoms with E-state index in [9.17, 15) is 9.59 Å². The average molecular weight is 445 g/mol. The molecule has 4 aromatic rings. The molecular formula is C23H23N7O3. The Kier molecular flexibility index (Phi) is 5.25. The van der Waals surface area contributed by atoms with Crippen LogP contribution in [0.5, 0.6) is 0 Å². The molecule has 1 saturated heterocycles. The van der Waals surface area contributed by atoms with Crippen molar-refractivity contribution in [3.63, 3.8) is 0 Å². The third kappa shape index (κ3) is 4.14. The van der Waals surface area contributed by atoms with Crippen molar-refractivity contribution in [2.45, 2.75) is 19.8 Å². The van der Waals surface area contributed by atoms with Crippen molar-refractivity contribution < 1.29 is 14.0 Å². The van der Waals surface area contributed by atoms with Crippen LogP contribution >= 0.6 is 0 Å². The van der Waals surface area contributed by atoms with Gasteiger partial charge in [-0.3, -0.25) is 14.3 Å². The number of benzene rings is 1. The second kappa shape index (κ2) is 8.38. The number of hydrogen-bond acceptors (Lipinski definition) is 7. The third-order valence-electron chi connectivity index (χ3n) is 5.61. The first-order valence-corrected chi connectivity index (χ1v) is 10.7. The van der Waals surface area contributed by atoms with Crippen LogP contribution in [-0.4, -0.2) is 44.7 Å². The first-order valence-electron chi connectivity index (χ1n) is 10.7. The number of oxazole rings is 1. The number of anilines is 3. The van der Waals surface area contributed by atoms with Crippen molar-refractivity contribution in [2.75, 3.05) is 28.6 Å². The summed E-state index contributed by atoms with van der Waals surface area (Å²) in [6, 6.07) is 7.34. The molecule has 0 bridgehead atoms. The van der Waals surface area contributed by atoms with Crippen LogP contribution in [0.15, 0.2) is 47.3 Å². The van der Waals surface area contributed by atoms with Crippen LogP contribution in [0.1, 0.15) is 30.3 Å². The molecule has 0 saturated carbocycles. The van der Waals surface area contributed by atoms with Crippen molar-refractivity contribution in [3.05, 3.63) is 48.6 Å². The van der Waals surface area contributed by atoms with Crippen LogP contribution in [0.4, 0.5) is 17.2 Å². The van der Waals surface area contributed by atoms with E-state index in [1.165, 1.54) is 19.4 Å².